The summed E-state index contributed by atoms with van der Waals surface area (Å²) in [6.45, 7) is 7.81. The average Bonchev–Trinajstić information content (AvgIpc) is 2.59. The number of hydrogen-bond acceptors (Lipinski definition) is 2. The highest BCUT2D eigenvalue weighted by molar-refractivity contribution is 5.90. The molecular formula is C19H29N3O. The molecule has 126 valence electrons. The molecule has 0 radical (unpaired) electrons. The van der Waals surface area contributed by atoms with Crippen LogP contribution in [0.1, 0.15) is 43.2 Å². The minimum Gasteiger partial charge on any atom is -0.322 e. The normalized spacial score (nSPS) is 20.5. The summed E-state index contributed by atoms with van der Waals surface area (Å²) >= 11 is 0. The largest absolute Gasteiger partial charge is 0.322 e. The molecule has 2 amide bonds. The average molecular weight is 315 g/mol. The van der Waals surface area contributed by atoms with Crippen molar-refractivity contribution in [2.24, 2.45) is 0 Å². The first-order chi connectivity index (χ1) is 11.1. The summed E-state index contributed by atoms with van der Waals surface area (Å²) in [6, 6.07) is 6.99. The zero-order valence-electron chi connectivity index (χ0n) is 14.5. The first-order valence-electron chi connectivity index (χ1n) is 9.01. The van der Waals surface area contributed by atoms with Crippen LogP contribution in [0.2, 0.25) is 0 Å². The molecule has 2 aliphatic rings. The van der Waals surface area contributed by atoms with Crippen molar-refractivity contribution in [3.8, 4) is 0 Å². The van der Waals surface area contributed by atoms with Gasteiger partial charge in [0.2, 0.25) is 0 Å². The van der Waals surface area contributed by atoms with Crippen LogP contribution in [0.5, 0.6) is 0 Å². The number of benzene rings is 1. The number of nitrogens with zero attached hydrogens (tertiary/aromatic N) is 2. The fraction of sp³-hybridized carbons (Fsp3) is 0.632. The van der Waals surface area contributed by atoms with E-state index in [-0.39, 0.29) is 6.03 Å². The van der Waals surface area contributed by atoms with Crippen molar-refractivity contribution < 1.29 is 4.79 Å². The Kier molecular flexibility index (Phi) is 5.21. The number of piperazine rings is 1. The highest BCUT2D eigenvalue weighted by Crippen LogP contribution is 2.24. The van der Waals surface area contributed by atoms with Crippen molar-refractivity contribution in [1.29, 1.82) is 0 Å². The molecular weight excluding hydrogens is 286 g/mol. The summed E-state index contributed by atoms with van der Waals surface area (Å²) in [5.41, 5.74) is 3.22. The zero-order valence-corrected chi connectivity index (χ0v) is 14.5. The number of amides is 2. The van der Waals surface area contributed by atoms with Gasteiger partial charge >= 0.3 is 6.03 Å². The number of urea groups is 1. The molecule has 0 spiro atoms. The third-order valence-electron chi connectivity index (χ3n) is 5.33. The fourth-order valence-corrected chi connectivity index (χ4v) is 3.80. The van der Waals surface area contributed by atoms with Crippen molar-refractivity contribution in [2.45, 2.75) is 52.0 Å². The van der Waals surface area contributed by atoms with Gasteiger partial charge < -0.3 is 10.2 Å². The number of nitrogens with one attached hydrogen (secondary N) is 1. The number of anilines is 1. The Labute approximate surface area is 139 Å². The number of rotatable bonds is 2. The van der Waals surface area contributed by atoms with Crippen molar-refractivity contribution in [3.63, 3.8) is 0 Å². The van der Waals surface area contributed by atoms with Gasteiger partial charge in [-0.1, -0.05) is 31.4 Å². The molecule has 1 saturated carbocycles. The monoisotopic (exact) mass is 315 g/mol. The van der Waals surface area contributed by atoms with Gasteiger partial charge in [0.15, 0.2) is 0 Å². The third kappa shape index (κ3) is 4.05. The molecule has 23 heavy (non-hydrogen) atoms. The van der Waals surface area contributed by atoms with Crippen LogP contribution in [-0.2, 0) is 0 Å². The molecule has 0 atom stereocenters. The van der Waals surface area contributed by atoms with Gasteiger partial charge in [0.25, 0.3) is 0 Å². The van der Waals surface area contributed by atoms with Crippen LogP contribution in [0.3, 0.4) is 0 Å². The molecule has 0 bridgehead atoms. The maximum atomic E-state index is 12.5. The second kappa shape index (κ2) is 7.35. The van der Waals surface area contributed by atoms with E-state index < -0.39 is 0 Å². The SMILES string of the molecule is Cc1ccc(C)c(NC(=O)N2CCN(C3CCCCC3)CC2)c1. The van der Waals surface area contributed by atoms with Gasteiger partial charge in [-0.3, -0.25) is 4.90 Å². The van der Waals surface area contributed by atoms with Gasteiger partial charge in [0.05, 0.1) is 0 Å². The highest BCUT2D eigenvalue weighted by atomic mass is 16.2. The van der Waals surface area contributed by atoms with Crippen LogP contribution in [-0.4, -0.2) is 48.1 Å². The van der Waals surface area contributed by atoms with Gasteiger partial charge in [-0.05, 0) is 43.9 Å². The van der Waals surface area contributed by atoms with E-state index in [9.17, 15) is 4.79 Å². The standard InChI is InChI=1S/C19H29N3O/c1-15-8-9-16(2)18(14-15)20-19(23)22-12-10-21(11-13-22)17-6-4-3-5-7-17/h8-9,14,17H,3-7,10-13H2,1-2H3,(H,20,23). The summed E-state index contributed by atoms with van der Waals surface area (Å²) in [4.78, 5) is 17.1. The topological polar surface area (TPSA) is 35.6 Å². The molecule has 0 aromatic heterocycles. The lowest BCUT2D eigenvalue weighted by Crippen LogP contribution is -2.53. The number of aryl methyl sites for hydroxylation is 2. The van der Waals surface area contributed by atoms with Gasteiger partial charge in [-0.15, -0.1) is 0 Å². The second-order valence-corrected chi connectivity index (χ2v) is 7.06. The summed E-state index contributed by atoms with van der Waals surface area (Å²) in [5.74, 6) is 0. The fourth-order valence-electron chi connectivity index (χ4n) is 3.80. The molecule has 1 N–H and O–H groups in total. The maximum Gasteiger partial charge on any atom is 0.321 e. The first kappa shape index (κ1) is 16.3. The van der Waals surface area contributed by atoms with Gasteiger partial charge in [0, 0.05) is 37.9 Å². The summed E-state index contributed by atoms with van der Waals surface area (Å²) in [5, 5.41) is 3.08. The lowest BCUT2D eigenvalue weighted by atomic mass is 9.94. The molecule has 0 unspecified atom stereocenters. The maximum absolute atomic E-state index is 12.5. The smallest absolute Gasteiger partial charge is 0.321 e. The Hall–Kier alpha value is -1.55. The zero-order chi connectivity index (χ0) is 16.2. The Balaban J connectivity index is 1.52. The van der Waals surface area contributed by atoms with E-state index in [0.717, 1.165) is 43.5 Å². The number of carbonyl (C=O) groups excluding carboxylic acids is 1. The Morgan fingerprint density at radius 1 is 1.04 bits per heavy atom. The Morgan fingerprint density at radius 3 is 2.43 bits per heavy atom. The molecule has 1 aliphatic carbocycles. The van der Waals surface area contributed by atoms with Crippen LogP contribution < -0.4 is 5.32 Å². The predicted molar refractivity (Wildman–Crippen MR) is 95.0 cm³/mol. The molecule has 4 nitrogen and oxygen atoms in total. The first-order valence-corrected chi connectivity index (χ1v) is 9.01. The van der Waals surface area contributed by atoms with Crippen LogP contribution in [0.15, 0.2) is 18.2 Å². The van der Waals surface area contributed by atoms with Crippen LogP contribution >= 0.6 is 0 Å². The van der Waals surface area contributed by atoms with Crippen molar-refractivity contribution in [3.05, 3.63) is 29.3 Å². The van der Waals surface area contributed by atoms with E-state index in [0.29, 0.717) is 0 Å². The molecule has 4 heteroatoms. The molecule has 3 rings (SSSR count). The number of carbonyl (C=O) groups is 1. The minimum atomic E-state index is 0.0435. The van der Waals surface area contributed by atoms with E-state index in [4.69, 9.17) is 0 Å². The van der Waals surface area contributed by atoms with Crippen LogP contribution in [0.4, 0.5) is 10.5 Å². The van der Waals surface area contributed by atoms with E-state index in [1.54, 1.807) is 0 Å². The number of hydrogen-bond donors (Lipinski definition) is 1. The summed E-state index contributed by atoms with van der Waals surface area (Å²) in [7, 11) is 0. The predicted octanol–water partition coefficient (Wildman–Crippen LogP) is 3.79. The van der Waals surface area contributed by atoms with Gasteiger partial charge in [-0.2, -0.15) is 0 Å². The second-order valence-electron chi connectivity index (χ2n) is 7.06. The van der Waals surface area contributed by atoms with Crippen LogP contribution in [0.25, 0.3) is 0 Å². The van der Waals surface area contributed by atoms with Crippen molar-refractivity contribution in [2.75, 3.05) is 31.5 Å². The summed E-state index contributed by atoms with van der Waals surface area (Å²) in [6.07, 6.45) is 6.83. The quantitative estimate of drug-likeness (QED) is 0.901. The molecule has 1 aliphatic heterocycles. The molecule has 1 saturated heterocycles. The van der Waals surface area contributed by atoms with Gasteiger partial charge in [-0.25, -0.2) is 4.79 Å². The van der Waals surface area contributed by atoms with Crippen LogP contribution in [0, 0.1) is 13.8 Å². The Morgan fingerprint density at radius 2 is 1.74 bits per heavy atom. The molecule has 1 aromatic carbocycles. The summed E-state index contributed by atoms with van der Waals surface area (Å²) < 4.78 is 0. The highest BCUT2D eigenvalue weighted by Gasteiger charge is 2.27. The van der Waals surface area contributed by atoms with E-state index >= 15 is 0 Å². The Bertz CT molecular complexity index is 544. The molecule has 1 aromatic rings. The van der Waals surface area contributed by atoms with Gasteiger partial charge in [0.1, 0.15) is 0 Å². The third-order valence-corrected chi connectivity index (χ3v) is 5.33. The molecule has 2 fully saturated rings. The van der Waals surface area contributed by atoms with E-state index in [1.165, 1.54) is 37.7 Å². The lowest BCUT2D eigenvalue weighted by Gasteiger charge is -2.40. The van der Waals surface area contributed by atoms with Crippen molar-refractivity contribution in [1.82, 2.24) is 9.80 Å². The lowest BCUT2D eigenvalue weighted by molar-refractivity contribution is 0.0943. The van der Waals surface area contributed by atoms with E-state index in [1.807, 2.05) is 17.9 Å². The van der Waals surface area contributed by atoms with Crippen molar-refractivity contribution >= 4 is 11.7 Å². The molecule has 1 heterocycles. The van der Waals surface area contributed by atoms with E-state index in [2.05, 4.69) is 29.3 Å². The minimum absolute atomic E-state index is 0.0435.